The quantitative estimate of drug-likeness (QED) is 0.822. The zero-order chi connectivity index (χ0) is 15.0. The zero-order valence-corrected chi connectivity index (χ0v) is 13.1. The van der Waals surface area contributed by atoms with Crippen LogP contribution in [0.1, 0.15) is 21.5 Å². The van der Waals surface area contributed by atoms with Crippen molar-refractivity contribution in [2.24, 2.45) is 5.73 Å². The van der Waals surface area contributed by atoms with Crippen LogP contribution >= 0.6 is 15.9 Å². The van der Waals surface area contributed by atoms with Gasteiger partial charge in [-0.1, -0.05) is 22.0 Å². The Kier molecular flexibility index (Phi) is 3.59. The lowest BCUT2D eigenvalue weighted by Crippen LogP contribution is -2.32. The Hall–Kier alpha value is -2.01. The van der Waals surface area contributed by atoms with E-state index in [2.05, 4.69) is 26.9 Å². The van der Waals surface area contributed by atoms with Crippen LogP contribution in [0.2, 0.25) is 0 Å². The highest BCUT2D eigenvalue weighted by Gasteiger charge is 2.20. The standard InChI is InChI=1S/C16H16BrN3O/c17-12-2-4-15(14(8-12)16(19)21)20-6-5-10-1-3-13(18)7-11(10)9-20/h1-4,7-8H,5-6,9,18H2,(H2,19,21). The third-order valence-corrected chi connectivity index (χ3v) is 4.30. The van der Waals surface area contributed by atoms with Gasteiger partial charge in [-0.15, -0.1) is 0 Å². The van der Waals surface area contributed by atoms with Gasteiger partial charge in [0, 0.05) is 28.9 Å². The van der Waals surface area contributed by atoms with Gasteiger partial charge >= 0.3 is 0 Å². The Balaban J connectivity index is 1.98. The molecule has 3 rings (SSSR count). The second-order valence-electron chi connectivity index (χ2n) is 5.23. The molecule has 1 amide bonds. The monoisotopic (exact) mass is 345 g/mol. The summed E-state index contributed by atoms with van der Waals surface area (Å²) in [7, 11) is 0. The maximum atomic E-state index is 11.7. The van der Waals surface area contributed by atoms with Crippen LogP contribution in [0.25, 0.3) is 0 Å². The number of nitrogen functional groups attached to an aromatic ring is 1. The topological polar surface area (TPSA) is 72.4 Å². The number of hydrogen-bond acceptors (Lipinski definition) is 3. The fourth-order valence-corrected chi connectivity index (χ4v) is 3.13. The Bertz CT molecular complexity index is 715. The number of primary amides is 1. The largest absolute Gasteiger partial charge is 0.399 e. The molecule has 0 bridgehead atoms. The van der Waals surface area contributed by atoms with Crippen LogP contribution in [-0.4, -0.2) is 12.5 Å². The molecule has 0 saturated heterocycles. The molecule has 0 aromatic heterocycles. The summed E-state index contributed by atoms with van der Waals surface area (Å²) >= 11 is 3.38. The zero-order valence-electron chi connectivity index (χ0n) is 11.5. The summed E-state index contributed by atoms with van der Waals surface area (Å²) in [6, 6.07) is 11.6. The number of amides is 1. The molecule has 1 aliphatic rings. The normalized spacial score (nSPS) is 13.9. The molecule has 4 N–H and O–H groups in total. The van der Waals surface area contributed by atoms with E-state index in [1.807, 2.05) is 24.3 Å². The van der Waals surface area contributed by atoms with Gasteiger partial charge in [0.05, 0.1) is 5.56 Å². The molecule has 0 radical (unpaired) electrons. The van der Waals surface area contributed by atoms with Crippen molar-refractivity contribution in [3.63, 3.8) is 0 Å². The molecule has 2 aromatic carbocycles. The first-order valence-corrected chi connectivity index (χ1v) is 7.55. The van der Waals surface area contributed by atoms with Crippen molar-refractivity contribution in [2.45, 2.75) is 13.0 Å². The third kappa shape index (κ3) is 2.74. The molecule has 1 heterocycles. The van der Waals surface area contributed by atoms with Crippen molar-refractivity contribution in [2.75, 3.05) is 17.2 Å². The number of halogens is 1. The van der Waals surface area contributed by atoms with Crippen LogP contribution in [0, 0.1) is 0 Å². The van der Waals surface area contributed by atoms with Gasteiger partial charge in [-0.3, -0.25) is 4.79 Å². The van der Waals surface area contributed by atoms with Gasteiger partial charge in [-0.2, -0.15) is 0 Å². The van der Waals surface area contributed by atoms with Crippen LogP contribution in [0.3, 0.4) is 0 Å². The average Bonchev–Trinajstić information content (AvgIpc) is 2.46. The number of carbonyl (C=O) groups excluding carboxylic acids is 1. The van der Waals surface area contributed by atoms with Crippen molar-refractivity contribution >= 4 is 33.2 Å². The number of nitrogens with zero attached hydrogens (tertiary/aromatic N) is 1. The lowest BCUT2D eigenvalue weighted by atomic mass is 9.98. The van der Waals surface area contributed by atoms with E-state index < -0.39 is 5.91 Å². The molecule has 1 aliphatic heterocycles. The number of hydrogen-bond donors (Lipinski definition) is 2. The predicted molar refractivity (Wildman–Crippen MR) is 88.3 cm³/mol. The van der Waals surface area contributed by atoms with Crippen LogP contribution < -0.4 is 16.4 Å². The first-order chi connectivity index (χ1) is 10.0. The highest BCUT2D eigenvalue weighted by Crippen LogP contribution is 2.30. The molecule has 0 fully saturated rings. The minimum atomic E-state index is -0.412. The molecule has 0 unspecified atom stereocenters. The smallest absolute Gasteiger partial charge is 0.250 e. The van der Waals surface area contributed by atoms with Crippen molar-refractivity contribution in [3.8, 4) is 0 Å². The van der Waals surface area contributed by atoms with Gasteiger partial charge < -0.3 is 16.4 Å². The van der Waals surface area contributed by atoms with Crippen LogP contribution in [0.15, 0.2) is 40.9 Å². The lowest BCUT2D eigenvalue weighted by Gasteiger charge is -2.32. The molecule has 21 heavy (non-hydrogen) atoms. The summed E-state index contributed by atoms with van der Waals surface area (Å²) < 4.78 is 0.849. The Morgan fingerprint density at radius 1 is 1.14 bits per heavy atom. The van der Waals surface area contributed by atoms with Gasteiger partial charge in [0.2, 0.25) is 0 Å². The van der Waals surface area contributed by atoms with E-state index in [0.717, 1.165) is 35.4 Å². The summed E-state index contributed by atoms with van der Waals surface area (Å²) in [5.41, 5.74) is 16.1. The van der Waals surface area contributed by atoms with Crippen molar-refractivity contribution < 1.29 is 4.79 Å². The summed E-state index contributed by atoms with van der Waals surface area (Å²) in [5.74, 6) is -0.412. The van der Waals surface area contributed by atoms with Crippen LogP contribution in [-0.2, 0) is 13.0 Å². The van der Waals surface area contributed by atoms with Crippen LogP contribution in [0.5, 0.6) is 0 Å². The van der Waals surface area contributed by atoms with E-state index in [4.69, 9.17) is 11.5 Å². The minimum Gasteiger partial charge on any atom is -0.399 e. The van der Waals surface area contributed by atoms with Gasteiger partial charge in [0.15, 0.2) is 0 Å². The maximum Gasteiger partial charge on any atom is 0.250 e. The SMILES string of the molecule is NC(=O)c1cc(Br)ccc1N1CCc2ccc(N)cc2C1. The van der Waals surface area contributed by atoms with E-state index in [1.54, 1.807) is 6.07 Å². The van der Waals surface area contributed by atoms with Crippen molar-refractivity contribution in [1.29, 1.82) is 0 Å². The molecular formula is C16H16BrN3O. The second-order valence-corrected chi connectivity index (χ2v) is 6.14. The van der Waals surface area contributed by atoms with E-state index in [0.29, 0.717) is 5.56 Å². The van der Waals surface area contributed by atoms with E-state index in [1.165, 1.54) is 11.1 Å². The highest BCUT2D eigenvalue weighted by molar-refractivity contribution is 9.10. The van der Waals surface area contributed by atoms with E-state index in [-0.39, 0.29) is 0 Å². The van der Waals surface area contributed by atoms with Crippen LogP contribution in [0.4, 0.5) is 11.4 Å². The molecule has 0 spiro atoms. The van der Waals surface area contributed by atoms with Crippen molar-refractivity contribution in [3.05, 3.63) is 57.6 Å². The first-order valence-electron chi connectivity index (χ1n) is 6.76. The second kappa shape index (κ2) is 5.41. The number of nitrogens with two attached hydrogens (primary N) is 2. The van der Waals surface area contributed by atoms with Crippen molar-refractivity contribution in [1.82, 2.24) is 0 Å². The Labute approximate surface area is 131 Å². The molecule has 2 aromatic rings. The van der Waals surface area contributed by atoms with Gasteiger partial charge in [0.1, 0.15) is 0 Å². The number of fused-ring (bicyclic) bond motifs is 1. The number of benzene rings is 2. The van der Waals surface area contributed by atoms with E-state index >= 15 is 0 Å². The number of rotatable bonds is 2. The average molecular weight is 346 g/mol. The first kappa shape index (κ1) is 13.9. The van der Waals surface area contributed by atoms with Gasteiger partial charge in [-0.25, -0.2) is 0 Å². The summed E-state index contributed by atoms with van der Waals surface area (Å²) in [4.78, 5) is 13.8. The summed E-state index contributed by atoms with van der Waals surface area (Å²) in [6.07, 6.45) is 0.934. The molecule has 108 valence electrons. The molecular weight excluding hydrogens is 330 g/mol. The molecule has 5 heteroatoms. The molecule has 0 saturated carbocycles. The number of carbonyl (C=O) groups is 1. The maximum absolute atomic E-state index is 11.7. The number of anilines is 2. The molecule has 4 nitrogen and oxygen atoms in total. The molecule has 0 atom stereocenters. The Morgan fingerprint density at radius 2 is 1.95 bits per heavy atom. The fourth-order valence-electron chi connectivity index (χ4n) is 2.76. The lowest BCUT2D eigenvalue weighted by molar-refractivity contribution is 0.100. The Morgan fingerprint density at radius 3 is 2.71 bits per heavy atom. The minimum absolute atomic E-state index is 0.412. The summed E-state index contributed by atoms with van der Waals surface area (Å²) in [6.45, 7) is 1.60. The van der Waals surface area contributed by atoms with E-state index in [9.17, 15) is 4.79 Å². The summed E-state index contributed by atoms with van der Waals surface area (Å²) in [5, 5.41) is 0. The van der Waals surface area contributed by atoms with Gasteiger partial charge in [0.25, 0.3) is 5.91 Å². The van der Waals surface area contributed by atoms with Gasteiger partial charge in [-0.05, 0) is 47.9 Å². The molecule has 0 aliphatic carbocycles. The highest BCUT2D eigenvalue weighted by atomic mass is 79.9. The third-order valence-electron chi connectivity index (χ3n) is 3.81. The fraction of sp³-hybridized carbons (Fsp3) is 0.188. The predicted octanol–water partition coefficient (Wildman–Crippen LogP) is 2.69.